The Kier molecular flexibility index (Phi) is 1.88. The van der Waals surface area contributed by atoms with E-state index in [1.165, 1.54) is 37.9 Å². The van der Waals surface area contributed by atoms with Gasteiger partial charge in [-0.15, -0.1) is 10.2 Å². The van der Waals surface area contributed by atoms with Gasteiger partial charge >= 0.3 is 0 Å². The molecule has 4 heteroatoms. The van der Waals surface area contributed by atoms with Crippen molar-refractivity contribution in [2.24, 2.45) is 11.8 Å². The molecule has 2 atom stereocenters. The molecule has 2 aromatic rings. The van der Waals surface area contributed by atoms with Gasteiger partial charge in [-0.25, -0.2) is 0 Å². The third kappa shape index (κ3) is 1.34. The van der Waals surface area contributed by atoms with Gasteiger partial charge in [0.05, 0.1) is 6.26 Å². The molecular weight excluding hydrogens is 238 g/mol. The zero-order valence-corrected chi connectivity index (χ0v) is 10.8. The molecule has 2 aliphatic heterocycles. The fraction of sp³-hybridized carbons (Fsp3) is 0.600. The van der Waals surface area contributed by atoms with Gasteiger partial charge in [0.1, 0.15) is 5.82 Å². The van der Waals surface area contributed by atoms with Crippen LogP contribution in [0.5, 0.6) is 0 Å². The lowest BCUT2D eigenvalue weighted by Gasteiger charge is -2.38. The molecule has 19 heavy (non-hydrogen) atoms. The van der Waals surface area contributed by atoms with Crippen LogP contribution in [0.25, 0.3) is 11.6 Å². The predicted molar refractivity (Wildman–Crippen MR) is 69.6 cm³/mol. The molecule has 2 fully saturated rings. The van der Waals surface area contributed by atoms with Crippen LogP contribution in [0.1, 0.15) is 49.9 Å². The van der Waals surface area contributed by atoms with Gasteiger partial charge in [-0.2, -0.15) is 0 Å². The highest BCUT2D eigenvalue weighted by Crippen LogP contribution is 2.53. The smallest absolute Gasteiger partial charge is 0.200 e. The second-order valence-corrected chi connectivity index (χ2v) is 6.49. The molecule has 4 aliphatic rings. The number of furan rings is 1. The van der Waals surface area contributed by atoms with Crippen LogP contribution in [-0.2, 0) is 0 Å². The Labute approximate surface area is 111 Å². The van der Waals surface area contributed by atoms with E-state index in [2.05, 4.69) is 14.8 Å². The maximum atomic E-state index is 5.55. The standard InChI is InChI=1S/C15H17N3O/c1-2-13(19-3-1)15-17-16-14-11-5-9-4-10(6-11)8-12(7-9)18(14)15/h1-3,9-12H,4-8H2. The van der Waals surface area contributed by atoms with Crippen LogP contribution < -0.4 is 0 Å². The van der Waals surface area contributed by atoms with Crippen molar-refractivity contribution in [2.45, 2.75) is 44.1 Å². The summed E-state index contributed by atoms with van der Waals surface area (Å²) in [5, 5.41) is 8.95. The Morgan fingerprint density at radius 1 is 1.05 bits per heavy atom. The molecule has 6 rings (SSSR count). The summed E-state index contributed by atoms with van der Waals surface area (Å²) in [5.41, 5.74) is 0. The molecule has 2 aromatic heterocycles. The Bertz CT molecular complexity index is 601. The van der Waals surface area contributed by atoms with Crippen molar-refractivity contribution in [3.05, 3.63) is 24.2 Å². The van der Waals surface area contributed by atoms with E-state index in [1.54, 1.807) is 6.26 Å². The molecule has 2 saturated carbocycles. The van der Waals surface area contributed by atoms with Gasteiger partial charge in [0.2, 0.25) is 0 Å². The van der Waals surface area contributed by atoms with Crippen molar-refractivity contribution in [1.29, 1.82) is 0 Å². The summed E-state index contributed by atoms with van der Waals surface area (Å²) in [7, 11) is 0. The summed E-state index contributed by atoms with van der Waals surface area (Å²) in [6.45, 7) is 0. The fourth-order valence-corrected chi connectivity index (χ4v) is 4.75. The SMILES string of the molecule is c1coc(-c2nnc3n2C2CC4CC(CC3C4)C2)c1. The third-order valence-electron chi connectivity index (χ3n) is 5.31. The monoisotopic (exact) mass is 255 g/mol. The van der Waals surface area contributed by atoms with Gasteiger partial charge in [0.25, 0.3) is 0 Å². The van der Waals surface area contributed by atoms with Gasteiger partial charge in [0, 0.05) is 12.0 Å². The number of rotatable bonds is 1. The zero-order chi connectivity index (χ0) is 12.4. The lowest BCUT2D eigenvalue weighted by Crippen LogP contribution is -2.27. The molecule has 4 bridgehead atoms. The summed E-state index contributed by atoms with van der Waals surface area (Å²) in [6.07, 6.45) is 8.43. The second kappa shape index (κ2) is 3.50. The second-order valence-electron chi connectivity index (χ2n) is 6.49. The first-order valence-corrected chi connectivity index (χ1v) is 7.37. The Hall–Kier alpha value is -1.58. The summed E-state index contributed by atoms with van der Waals surface area (Å²) in [5.74, 6) is 5.48. The first-order valence-electron chi connectivity index (χ1n) is 7.37. The highest BCUT2D eigenvalue weighted by molar-refractivity contribution is 5.47. The van der Waals surface area contributed by atoms with Crippen LogP contribution in [0.15, 0.2) is 22.8 Å². The molecule has 0 saturated heterocycles. The van der Waals surface area contributed by atoms with Crippen molar-refractivity contribution < 1.29 is 4.42 Å². The van der Waals surface area contributed by atoms with Crippen molar-refractivity contribution in [3.8, 4) is 11.6 Å². The summed E-state index contributed by atoms with van der Waals surface area (Å²) in [4.78, 5) is 0. The average molecular weight is 255 g/mol. The van der Waals surface area contributed by atoms with Crippen LogP contribution in [0.4, 0.5) is 0 Å². The third-order valence-corrected chi connectivity index (χ3v) is 5.31. The van der Waals surface area contributed by atoms with E-state index in [0.717, 1.165) is 23.4 Å². The number of hydrogen-bond acceptors (Lipinski definition) is 3. The minimum Gasteiger partial charge on any atom is -0.461 e. The van der Waals surface area contributed by atoms with Crippen LogP contribution >= 0.6 is 0 Å². The van der Waals surface area contributed by atoms with Gasteiger partial charge in [0.15, 0.2) is 11.6 Å². The van der Waals surface area contributed by atoms with Crippen molar-refractivity contribution in [1.82, 2.24) is 14.8 Å². The molecule has 98 valence electrons. The maximum Gasteiger partial charge on any atom is 0.200 e. The minimum absolute atomic E-state index is 0.598. The predicted octanol–water partition coefficient (Wildman–Crippen LogP) is 3.39. The van der Waals surface area contributed by atoms with E-state index in [-0.39, 0.29) is 0 Å². The van der Waals surface area contributed by atoms with E-state index < -0.39 is 0 Å². The van der Waals surface area contributed by atoms with Gasteiger partial charge in [-0.3, -0.25) is 0 Å². The molecule has 4 heterocycles. The van der Waals surface area contributed by atoms with E-state index in [1.807, 2.05) is 12.1 Å². The Morgan fingerprint density at radius 2 is 1.89 bits per heavy atom. The van der Waals surface area contributed by atoms with E-state index >= 15 is 0 Å². The van der Waals surface area contributed by atoms with E-state index in [4.69, 9.17) is 4.42 Å². The first kappa shape index (κ1) is 10.2. The van der Waals surface area contributed by atoms with E-state index in [9.17, 15) is 0 Å². The summed E-state index contributed by atoms with van der Waals surface area (Å²) < 4.78 is 7.95. The van der Waals surface area contributed by atoms with Crippen molar-refractivity contribution >= 4 is 0 Å². The van der Waals surface area contributed by atoms with E-state index in [0.29, 0.717) is 12.0 Å². The van der Waals surface area contributed by atoms with Gasteiger partial charge < -0.3 is 8.98 Å². The largest absolute Gasteiger partial charge is 0.461 e. The van der Waals surface area contributed by atoms with Crippen molar-refractivity contribution in [3.63, 3.8) is 0 Å². The minimum atomic E-state index is 0.598. The van der Waals surface area contributed by atoms with Crippen LogP contribution in [0, 0.1) is 11.8 Å². The molecule has 0 radical (unpaired) electrons. The average Bonchev–Trinajstić information content (AvgIpc) is 3.03. The lowest BCUT2D eigenvalue weighted by atomic mass is 9.68. The van der Waals surface area contributed by atoms with Gasteiger partial charge in [-0.1, -0.05) is 0 Å². The molecule has 0 spiro atoms. The molecule has 2 aliphatic carbocycles. The molecule has 0 amide bonds. The number of nitrogens with zero attached hydrogens (tertiary/aromatic N) is 3. The highest BCUT2D eigenvalue weighted by atomic mass is 16.3. The quantitative estimate of drug-likeness (QED) is 0.784. The molecule has 0 N–H and O–H groups in total. The maximum absolute atomic E-state index is 5.55. The molecular formula is C15H17N3O. The molecule has 4 nitrogen and oxygen atoms in total. The molecule has 2 unspecified atom stereocenters. The van der Waals surface area contributed by atoms with Crippen molar-refractivity contribution in [2.75, 3.05) is 0 Å². The van der Waals surface area contributed by atoms with Crippen LogP contribution in [0.3, 0.4) is 0 Å². The Morgan fingerprint density at radius 3 is 2.63 bits per heavy atom. The zero-order valence-electron chi connectivity index (χ0n) is 10.8. The Balaban J connectivity index is 1.71. The van der Waals surface area contributed by atoms with Crippen LogP contribution in [-0.4, -0.2) is 14.8 Å². The van der Waals surface area contributed by atoms with Crippen LogP contribution in [0.2, 0.25) is 0 Å². The summed E-state index contributed by atoms with van der Waals surface area (Å²) >= 11 is 0. The van der Waals surface area contributed by atoms with Gasteiger partial charge in [-0.05, 0) is 56.1 Å². The summed E-state index contributed by atoms with van der Waals surface area (Å²) in [6, 6.07) is 4.52. The first-order chi connectivity index (χ1) is 9.38. The highest BCUT2D eigenvalue weighted by Gasteiger charge is 2.44. The fourth-order valence-electron chi connectivity index (χ4n) is 4.75. The topological polar surface area (TPSA) is 43.9 Å². The molecule has 0 aromatic carbocycles. The number of aromatic nitrogens is 3. The number of hydrogen-bond donors (Lipinski definition) is 0. The lowest BCUT2D eigenvalue weighted by molar-refractivity contribution is 0.150. The normalized spacial score (nSPS) is 35.4.